The third-order valence-electron chi connectivity index (χ3n) is 5.97. The van der Waals surface area contributed by atoms with Crippen molar-refractivity contribution in [2.45, 2.75) is 36.7 Å². The van der Waals surface area contributed by atoms with Crippen molar-refractivity contribution >= 4 is 58.9 Å². The van der Waals surface area contributed by atoms with Crippen LogP contribution < -0.4 is 5.32 Å². The molecule has 13 heteroatoms. The van der Waals surface area contributed by atoms with Gasteiger partial charge in [0.15, 0.2) is 0 Å². The standard InChI is InChI=1S/C22H15B3ClF2N3O4/c23-22(24)15-9-11(10-30(25)20(35)21(27,28)12-2-4-13(26)5-3-12)1-6-14(15)19(34)31(22)16-7-8-17(32)29-18(16)33/h1-6,9,16H,7-8,10H2,(H,29,32,33). The molecule has 35 heavy (non-hydrogen) atoms. The summed E-state index contributed by atoms with van der Waals surface area (Å²) >= 11 is 5.72. The number of hydrogen-bond acceptors (Lipinski definition) is 4. The first-order valence-corrected chi connectivity index (χ1v) is 10.8. The fraction of sp³-hybridized carbons (Fsp3) is 0.273. The van der Waals surface area contributed by atoms with Gasteiger partial charge in [-0.1, -0.05) is 35.9 Å². The highest BCUT2D eigenvalue weighted by Crippen LogP contribution is 2.38. The molecule has 7 nitrogen and oxygen atoms in total. The van der Waals surface area contributed by atoms with Crippen LogP contribution in [-0.4, -0.2) is 63.1 Å². The van der Waals surface area contributed by atoms with Gasteiger partial charge in [0, 0.05) is 29.1 Å². The van der Waals surface area contributed by atoms with E-state index in [1.54, 1.807) is 0 Å². The number of nitrogens with zero attached hydrogens (tertiary/aromatic N) is 2. The summed E-state index contributed by atoms with van der Waals surface area (Å²) in [5, 5.41) is 0.450. The van der Waals surface area contributed by atoms with Gasteiger partial charge < -0.3 is 9.71 Å². The summed E-state index contributed by atoms with van der Waals surface area (Å²) < 4.78 is 29.4. The van der Waals surface area contributed by atoms with Crippen LogP contribution in [0.3, 0.4) is 0 Å². The van der Waals surface area contributed by atoms with E-state index >= 15 is 0 Å². The molecule has 0 aromatic heterocycles. The largest absolute Gasteiger partial charge is 0.387 e. The van der Waals surface area contributed by atoms with E-state index in [-0.39, 0.29) is 34.6 Å². The predicted octanol–water partition coefficient (Wildman–Crippen LogP) is 1.25. The van der Waals surface area contributed by atoms with Crippen LogP contribution in [0.4, 0.5) is 8.78 Å². The fourth-order valence-corrected chi connectivity index (χ4v) is 4.32. The lowest BCUT2D eigenvalue weighted by Gasteiger charge is -2.40. The van der Waals surface area contributed by atoms with Gasteiger partial charge in [0.25, 0.3) is 11.8 Å². The van der Waals surface area contributed by atoms with Crippen molar-refractivity contribution in [2.75, 3.05) is 0 Å². The number of carbonyl (C=O) groups excluding carboxylic acids is 4. The van der Waals surface area contributed by atoms with Gasteiger partial charge in [-0.3, -0.25) is 24.5 Å². The van der Waals surface area contributed by atoms with Crippen molar-refractivity contribution in [3.63, 3.8) is 0 Å². The van der Waals surface area contributed by atoms with E-state index in [4.69, 9.17) is 35.3 Å². The van der Waals surface area contributed by atoms with E-state index in [0.717, 1.165) is 17.0 Å². The average Bonchev–Trinajstić information content (AvgIpc) is 2.99. The number of rotatable bonds is 5. The highest BCUT2D eigenvalue weighted by atomic mass is 35.5. The molecule has 0 saturated carbocycles. The highest BCUT2D eigenvalue weighted by Gasteiger charge is 2.48. The van der Waals surface area contributed by atoms with Gasteiger partial charge in [-0.25, -0.2) is 0 Å². The minimum Gasteiger partial charge on any atom is -0.387 e. The summed E-state index contributed by atoms with van der Waals surface area (Å²) in [5.74, 6) is -7.37. The molecule has 4 rings (SSSR count). The van der Waals surface area contributed by atoms with Crippen molar-refractivity contribution in [1.29, 1.82) is 0 Å². The monoisotopic (exact) mass is 491 g/mol. The minimum atomic E-state index is -3.92. The lowest BCUT2D eigenvalue weighted by Crippen LogP contribution is -2.59. The summed E-state index contributed by atoms with van der Waals surface area (Å²) in [4.78, 5) is 50.5. The second kappa shape index (κ2) is 8.82. The normalized spacial score (nSPS) is 19.3. The Labute approximate surface area is 208 Å². The van der Waals surface area contributed by atoms with Gasteiger partial charge in [-0.15, -0.1) is 0 Å². The predicted molar refractivity (Wildman–Crippen MR) is 124 cm³/mol. The topological polar surface area (TPSA) is 86.8 Å². The Balaban J connectivity index is 1.56. The van der Waals surface area contributed by atoms with Crippen LogP contribution in [-0.2, 0) is 32.2 Å². The lowest BCUT2D eigenvalue weighted by molar-refractivity contribution is -0.154. The molecule has 1 N–H and O–H groups in total. The number of piperidine rings is 1. The third kappa shape index (κ3) is 4.35. The zero-order valence-electron chi connectivity index (χ0n) is 18.1. The number of nitrogens with one attached hydrogen (secondary N) is 1. The number of alkyl halides is 2. The molecule has 0 bridgehead atoms. The van der Waals surface area contributed by atoms with E-state index in [0.29, 0.717) is 4.81 Å². The number of amides is 4. The molecular formula is C22H15B3ClF2N3O4. The summed E-state index contributed by atoms with van der Waals surface area (Å²) in [6.45, 7) is -0.446. The Kier molecular flexibility index (Phi) is 6.29. The molecule has 2 aliphatic heterocycles. The number of benzene rings is 2. The molecule has 1 fully saturated rings. The second-order valence-electron chi connectivity index (χ2n) is 8.36. The van der Waals surface area contributed by atoms with Gasteiger partial charge in [0.1, 0.15) is 6.04 Å². The average molecular weight is 491 g/mol. The summed E-state index contributed by atoms with van der Waals surface area (Å²) in [6.07, 6.45) is 0.0438. The Morgan fingerprint density at radius 2 is 1.83 bits per heavy atom. The molecule has 2 heterocycles. The first kappa shape index (κ1) is 25.0. The molecule has 2 aliphatic rings. The third-order valence-corrected chi connectivity index (χ3v) is 6.23. The van der Waals surface area contributed by atoms with Gasteiger partial charge in [0.2, 0.25) is 19.8 Å². The zero-order chi connectivity index (χ0) is 25.7. The molecule has 4 amide bonds. The number of imide groups is 1. The maximum atomic E-state index is 14.7. The van der Waals surface area contributed by atoms with Crippen molar-refractivity contribution in [2.24, 2.45) is 0 Å². The molecule has 2 aromatic rings. The Bertz CT molecular complexity index is 1240. The van der Waals surface area contributed by atoms with Gasteiger partial charge in [-0.2, -0.15) is 8.78 Å². The Morgan fingerprint density at radius 1 is 1.17 bits per heavy atom. The summed E-state index contributed by atoms with van der Waals surface area (Å²) in [5.41, 5.74) is -0.0886. The second-order valence-corrected chi connectivity index (χ2v) is 8.80. The van der Waals surface area contributed by atoms with Crippen LogP contribution in [0, 0.1) is 0 Å². The van der Waals surface area contributed by atoms with Crippen LogP contribution >= 0.6 is 11.6 Å². The van der Waals surface area contributed by atoms with Crippen molar-refractivity contribution < 1.29 is 28.0 Å². The van der Waals surface area contributed by atoms with E-state index < -0.39 is 53.0 Å². The number of hydrogen-bond donors (Lipinski definition) is 1. The van der Waals surface area contributed by atoms with Crippen LogP contribution in [0.15, 0.2) is 42.5 Å². The van der Waals surface area contributed by atoms with E-state index in [9.17, 15) is 28.0 Å². The number of carbonyl (C=O) groups is 4. The molecule has 1 saturated heterocycles. The molecule has 1 unspecified atom stereocenters. The SMILES string of the molecule is [B]N(Cc1ccc2c(c1)C([B])([B])N(C1CCC(=O)NC1=O)C2=O)C(=O)C(F)(F)c1ccc(Cl)cc1. The first-order valence-electron chi connectivity index (χ1n) is 10.4. The first-order chi connectivity index (χ1) is 16.3. The molecule has 6 radical (unpaired) electrons. The lowest BCUT2D eigenvalue weighted by atomic mass is 9.57. The quantitative estimate of drug-likeness (QED) is 0.504. The molecule has 2 aromatic carbocycles. The number of halogens is 3. The van der Waals surface area contributed by atoms with Crippen LogP contribution in [0.1, 0.15) is 39.9 Å². The number of fused-ring (bicyclic) bond motifs is 1. The van der Waals surface area contributed by atoms with Crippen LogP contribution in [0.25, 0.3) is 0 Å². The molecule has 172 valence electrons. The molecule has 0 spiro atoms. The maximum absolute atomic E-state index is 14.7. The van der Waals surface area contributed by atoms with Gasteiger partial charge in [0.05, 0.1) is 15.7 Å². The van der Waals surface area contributed by atoms with Crippen molar-refractivity contribution in [1.82, 2.24) is 15.0 Å². The Hall–Kier alpha value is -3.14. The van der Waals surface area contributed by atoms with Crippen LogP contribution in [0.2, 0.25) is 5.02 Å². The molecule has 1 atom stereocenters. The smallest absolute Gasteiger partial charge is 0.348 e. The molecular weight excluding hydrogens is 476 g/mol. The Morgan fingerprint density at radius 3 is 2.46 bits per heavy atom. The van der Waals surface area contributed by atoms with Crippen LogP contribution in [0.5, 0.6) is 0 Å². The van der Waals surface area contributed by atoms with E-state index in [2.05, 4.69) is 5.32 Å². The summed E-state index contributed by atoms with van der Waals surface area (Å²) in [6, 6.07) is 7.58. The van der Waals surface area contributed by atoms with Crippen molar-refractivity contribution in [3.8, 4) is 0 Å². The molecule has 0 aliphatic carbocycles. The van der Waals surface area contributed by atoms with E-state index in [1.165, 1.54) is 30.3 Å². The van der Waals surface area contributed by atoms with Gasteiger partial charge >= 0.3 is 5.92 Å². The summed E-state index contributed by atoms with van der Waals surface area (Å²) in [7, 11) is 18.2. The fourth-order valence-electron chi connectivity index (χ4n) is 4.19. The zero-order valence-corrected chi connectivity index (χ0v) is 18.9. The van der Waals surface area contributed by atoms with Gasteiger partial charge in [-0.05, 0) is 41.1 Å². The minimum absolute atomic E-state index is 0.00391. The maximum Gasteiger partial charge on any atom is 0.348 e. The van der Waals surface area contributed by atoms with E-state index in [1.807, 2.05) is 0 Å². The van der Waals surface area contributed by atoms with Crippen molar-refractivity contribution in [3.05, 3.63) is 69.7 Å². The highest BCUT2D eigenvalue weighted by molar-refractivity contribution is 6.43.